The molecule has 0 aliphatic carbocycles. The topological polar surface area (TPSA) is 67.0 Å². The van der Waals surface area contributed by atoms with Crippen molar-refractivity contribution in [2.75, 3.05) is 6.61 Å². The predicted octanol–water partition coefficient (Wildman–Crippen LogP) is 3.76. The summed E-state index contributed by atoms with van der Waals surface area (Å²) in [5.74, 6) is 0.641. The predicted molar refractivity (Wildman–Crippen MR) is 94.3 cm³/mol. The minimum atomic E-state index is -0.187. The lowest BCUT2D eigenvalue weighted by Gasteiger charge is -2.14. The molecule has 124 valence electrons. The first-order valence-corrected chi connectivity index (χ1v) is 8.07. The van der Waals surface area contributed by atoms with E-state index in [2.05, 4.69) is 15.5 Å². The molecular weight excluding hydrogens is 302 g/mol. The normalized spacial score (nSPS) is 12.1. The zero-order valence-corrected chi connectivity index (χ0v) is 14.1. The van der Waals surface area contributed by atoms with Gasteiger partial charge in [-0.15, -0.1) is 0 Å². The van der Waals surface area contributed by atoms with Crippen LogP contribution >= 0.6 is 0 Å². The van der Waals surface area contributed by atoms with Crippen molar-refractivity contribution in [3.8, 4) is 5.75 Å². The zero-order valence-electron chi connectivity index (χ0n) is 14.1. The van der Waals surface area contributed by atoms with Crippen LogP contribution in [0.3, 0.4) is 0 Å². The second-order valence-corrected chi connectivity index (χ2v) is 5.82. The molecule has 1 unspecified atom stereocenters. The molecule has 1 atom stereocenters. The minimum absolute atomic E-state index is 0.121. The van der Waals surface area contributed by atoms with Gasteiger partial charge in [0.2, 0.25) is 0 Å². The zero-order chi connectivity index (χ0) is 17.1. The number of aromatic amines is 1. The van der Waals surface area contributed by atoms with Gasteiger partial charge in [-0.25, -0.2) is 0 Å². The molecule has 0 saturated heterocycles. The van der Waals surface area contributed by atoms with Crippen LogP contribution < -0.4 is 10.1 Å². The van der Waals surface area contributed by atoms with Crippen molar-refractivity contribution in [2.24, 2.45) is 0 Å². The van der Waals surface area contributed by atoms with Crippen molar-refractivity contribution in [2.45, 2.75) is 26.8 Å². The molecular formula is C19H21N3O2. The van der Waals surface area contributed by atoms with E-state index in [1.807, 2.05) is 63.2 Å². The lowest BCUT2D eigenvalue weighted by molar-refractivity contribution is 0.0936. The third-order valence-corrected chi connectivity index (χ3v) is 3.97. The first-order valence-electron chi connectivity index (χ1n) is 8.07. The highest BCUT2D eigenvalue weighted by Crippen LogP contribution is 2.20. The largest absolute Gasteiger partial charge is 0.494 e. The number of ether oxygens (including phenoxy) is 1. The van der Waals surface area contributed by atoms with Gasteiger partial charge < -0.3 is 10.1 Å². The maximum absolute atomic E-state index is 12.6. The van der Waals surface area contributed by atoms with Crippen LogP contribution in [-0.2, 0) is 0 Å². The van der Waals surface area contributed by atoms with Crippen LogP contribution in [0.25, 0.3) is 10.9 Å². The third kappa shape index (κ3) is 3.25. The van der Waals surface area contributed by atoms with Gasteiger partial charge in [-0.3, -0.25) is 9.89 Å². The molecule has 0 radical (unpaired) electrons. The van der Waals surface area contributed by atoms with E-state index >= 15 is 0 Å². The fraction of sp³-hybridized carbons (Fsp3) is 0.263. The highest BCUT2D eigenvalue weighted by atomic mass is 16.5. The summed E-state index contributed by atoms with van der Waals surface area (Å²) in [6.07, 6.45) is 0. The van der Waals surface area contributed by atoms with Gasteiger partial charge in [0.05, 0.1) is 18.2 Å². The number of H-pyrrole nitrogens is 1. The Morgan fingerprint density at radius 2 is 2.00 bits per heavy atom. The summed E-state index contributed by atoms with van der Waals surface area (Å²) >= 11 is 0. The maximum atomic E-state index is 12.6. The summed E-state index contributed by atoms with van der Waals surface area (Å²) in [6, 6.07) is 13.5. The number of aromatic nitrogens is 2. The lowest BCUT2D eigenvalue weighted by Crippen LogP contribution is -2.27. The molecule has 0 bridgehead atoms. The third-order valence-electron chi connectivity index (χ3n) is 3.97. The summed E-state index contributed by atoms with van der Waals surface area (Å²) in [5, 5.41) is 10.9. The van der Waals surface area contributed by atoms with Crippen LogP contribution in [-0.4, -0.2) is 22.7 Å². The Bertz CT molecular complexity index is 853. The van der Waals surface area contributed by atoms with Gasteiger partial charge in [0.15, 0.2) is 5.69 Å². The number of nitrogens with one attached hydrogen (secondary N) is 2. The molecule has 0 spiro atoms. The van der Waals surface area contributed by atoms with Gasteiger partial charge in [-0.2, -0.15) is 5.10 Å². The maximum Gasteiger partial charge on any atom is 0.272 e. The average Bonchev–Trinajstić information content (AvgIpc) is 2.98. The van der Waals surface area contributed by atoms with E-state index in [0.717, 1.165) is 27.8 Å². The number of carbonyl (C=O) groups excluding carboxylic acids is 1. The molecule has 0 aliphatic heterocycles. The molecule has 1 aromatic heterocycles. The molecule has 0 saturated carbocycles. The van der Waals surface area contributed by atoms with Crippen molar-refractivity contribution in [1.29, 1.82) is 0 Å². The Kier molecular flexibility index (Phi) is 4.51. The number of carbonyl (C=O) groups is 1. The van der Waals surface area contributed by atoms with Gasteiger partial charge in [-0.05, 0) is 50.6 Å². The van der Waals surface area contributed by atoms with Crippen LogP contribution in [0.1, 0.15) is 41.5 Å². The first kappa shape index (κ1) is 16.1. The number of rotatable bonds is 5. The molecule has 3 rings (SSSR count). The van der Waals surface area contributed by atoms with E-state index in [1.54, 1.807) is 0 Å². The molecule has 3 aromatic rings. The fourth-order valence-corrected chi connectivity index (χ4v) is 2.67. The Morgan fingerprint density at radius 3 is 2.71 bits per heavy atom. The van der Waals surface area contributed by atoms with Gasteiger partial charge in [0.25, 0.3) is 5.91 Å². The Morgan fingerprint density at radius 1 is 1.25 bits per heavy atom. The number of aryl methyl sites for hydroxylation is 1. The Labute approximate surface area is 141 Å². The van der Waals surface area contributed by atoms with Crippen molar-refractivity contribution in [3.05, 3.63) is 59.3 Å². The van der Waals surface area contributed by atoms with Gasteiger partial charge in [-0.1, -0.05) is 23.8 Å². The van der Waals surface area contributed by atoms with Crippen LogP contribution in [0.2, 0.25) is 0 Å². The van der Waals surface area contributed by atoms with Crippen molar-refractivity contribution in [1.82, 2.24) is 15.5 Å². The standard InChI is InChI=1S/C19H21N3O2/c1-4-24-15-8-6-14(7-9-15)13(3)20-19(23)18-16-11-12(2)5-10-17(16)21-22-18/h5-11,13H,4H2,1-3H3,(H,20,23)(H,21,22). The molecule has 5 nitrogen and oxygen atoms in total. The van der Waals surface area contributed by atoms with Crippen LogP contribution in [0, 0.1) is 6.92 Å². The van der Waals surface area contributed by atoms with E-state index in [1.165, 1.54) is 0 Å². The van der Waals surface area contributed by atoms with E-state index < -0.39 is 0 Å². The highest BCUT2D eigenvalue weighted by Gasteiger charge is 2.17. The number of benzene rings is 2. The number of nitrogens with zero attached hydrogens (tertiary/aromatic N) is 1. The fourth-order valence-electron chi connectivity index (χ4n) is 2.67. The summed E-state index contributed by atoms with van der Waals surface area (Å²) in [7, 11) is 0. The molecule has 2 N–H and O–H groups in total. The highest BCUT2D eigenvalue weighted by molar-refractivity contribution is 6.04. The van der Waals surface area contributed by atoms with Crippen LogP contribution in [0.5, 0.6) is 5.75 Å². The Balaban J connectivity index is 1.76. The molecule has 1 amide bonds. The second-order valence-electron chi connectivity index (χ2n) is 5.82. The number of fused-ring (bicyclic) bond motifs is 1. The monoisotopic (exact) mass is 323 g/mol. The summed E-state index contributed by atoms with van der Waals surface area (Å²) in [6.45, 7) is 6.54. The Hall–Kier alpha value is -2.82. The van der Waals surface area contributed by atoms with Crippen molar-refractivity contribution >= 4 is 16.8 Å². The van der Waals surface area contributed by atoms with Gasteiger partial charge >= 0.3 is 0 Å². The van der Waals surface area contributed by atoms with Gasteiger partial charge in [0, 0.05) is 5.39 Å². The summed E-state index contributed by atoms with van der Waals surface area (Å²) < 4.78 is 5.44. The number of amides is 1. The average molecular weight is 323 g/mol. The summed E-state index contributed by atoms with van der Waals surface area (Å²) in [4.78, 5) is 12.6. The minimum Gasteiger partial charge on any atom is -0.494 e. The van der Waals surface area contributed by atoms with Crippen LogP contribution in [0.15, 0.2) is 42.5 Å². The smallest absolute Gasteiger partial charge is 0.272 e. The second kappa shape index (κ2) is 6.74. The lowest BCUT2D eigenvalue weighted by atomic mass is 10.1. The van der Waals surface area contributed by atoms with Crippen molar-refractivity contribution in [3.63, 3.8) is 0 Å². The van der Waals surface area contributed by atoms with Crippen molar-refractivity contribution < 1.29 is 9.53 Å². The van der Waals surface area contributed by atoms with E-state index in [0.29, 0.717) is 12.3 Å². The molecule has 1 heterocycles. The molecule has 2 aromatic carbocycles. The van der Waals surface area contributed by atoms with Gasteiger partial charge in [0.1, 0.15) is 5.75 Å². The SMILES string of the molecule is CCOc1ccc(C(C)NC(=O)c2n[nH]c3ccc(C)cc23)cc1. The molecule has 5 heteroatoms. The molecule has 0 aliphatic rings. The van der Waals surface area contributed by atoms with E-state index in [4.69, 9.17) is 4.74 Å². The molecule has 0 fully saturated rings. The van der Waals surface area contributed by atoms with E-state index in [9.17, 15) is 4.79 Å². The molecule has 24 heavy (non-hydrogen) atoms. The number of hydrogen-bond acceptors (Lipinski definition) is 3. The van der Waals surface area contributed by atoms with E-state index in [-0.39, 0.29) is 11.9 Å². The number of hydrogen-bond donors (Lipinski definition) is 2. The summed E-state index contributed by atoms with van der Waals surface area (Å²) in [5.41, 5.74) is 3.39. The first-order chi connectivity index (χ1) is 11.6. The van der Waals surface area contributed by atoms with Crippen LogP contribution in [0.4, 0.5) is 0 Å². The quantitative estimate of drug-likeness (QED) is 0.751.